The number of ether oxygens (including phenoxy) is 1. The number of rotatable bonds is 7. The lowest BCUT2D eigenvalue weighted by molar-refractivity contribution is -0.143. The summed E-state index contributed by atoms with van der Waals surface area (Å²) in [6.07, 6.45) is -9.27. The number of phenols is 1. The predicted molar refractivity (Wildman–Crippen MR) is 214 cm³/mol. The van der Waals surface area contributed by atoms with Gasteiger partial charge in [0.2, 0.25) is 23.6 Å². The number of carbonyl (C=O) groups excluding carboxylic acids is 4. The average Bonchev–Trinajstić information content (AvgIpc) is 3.63. The van der Waals surface area contributed by atoms with Crippen LogP contribution in [0.5, 0.6) is 11.5 Å². The van der Waals surface area contributed by atoms with Gasteiger partial charge in [-0.15, -0.1) is 0 Å². The highest BCUT2D eigenvalue weighted by molar-refractivity contribution is 6.32. The number of nitrogens with zero attached hydrogens (tertiary/aromatic N) is 2. The molecule has 2 aliphatic heterocycles. The Morgan fingerprint density at radius 2 is 1.35 bits per heavy atom. The Kier molecular flexibility index (Phi) is 9.84. The number of halogens is 7. The van der Waals surface area contributed by atoms with E-state index in [0.717, 1.165) is 10.5 Å². The molecule has 5 aromatic carbocycles. The second-order valence-electron chi connectivity index (χ2n) is 15.9. The van der Waals surface area contributed by atoms with Gasteiger partial charge in [-0.1, -0.05) is 96.0 Å². The van der Waals surface area contributed by atoms with E-state index in [1.54, 1.807) is 60.7 Å². The maximum atomic E-state index is 15.5. The highest BCUT2D eigenvalue weighted by Gasteiger charge is 2.70. The molecule has 0 unspecified atom stereocenters. The van der Waals surface area contributed by atoms with Gasteiger partial charge in [-0.05, 0) is 72.4 Å². The molecule has 3 fully saturated rings. The molecule has 0 spiro atoms. The number of benzene rings is 5. The number of carbonyl (C=O) groups is 4. The highest BCUT2D eigenvalue weighted by Crippen LogP contribution is 2.65. The molecular formula is C47H33ClF6N2O6. The monoisotopic (exact) mass is 870 g/mol. The minimum atomic E-state index is -5.25. The Hall–Kier alpha value is -6.41. The molecule has 2 heterocycles. The number of allylic oxidation sites excluding steroid dienone is 2. The van der Waals surface area contributed by atoms with Gasteiger partial charge in [-0.2, -0.15) is 26.3 Å². The molecule has 4 aliphatic rings. The van der Waals surface area contributed by atoms with Crippen LogP contribution in [0.25, 0.3) is 0 Å². The van der Waals surface area contributed by atoms with Crippen molar-refractivity contribution < 1.29 is 55.4 Å². The normalized spacial score (nSPS) is 24.8. The van der Waals surface area contributed by atoms with Crippen LogP contribution in [-0.2, 0) is 43.6 Å². The van der Waals surface area contributed by atoms with Crippen LogP contribution in [0.3, 0.4) is 0 Å². The summed E-state index contributed by atoms with van der Waals surface area (Å²) < 4.78 is 90.0. The molecule has 2 aliphatic carbocycles. The molecule has 2 saturated heterocycles. The third-order valence-electron chi connectivity index (χ3n) is 12.6. The number of hydrogen-bond donors (Lipinski definition) is 1. The summed E-state index contributed by atoms with van der Waals surface area (Å²) in [5.41, 5.74) is -4.10. The first kappa shape index (κ1) is 41.0. The SMILES string of the molecule is O=C1[C@H]2[C@H](CC=C3[C@H]2C[C@H]2C(=O)N(c4cccc(Cl)c4)C(=O)[C@@]2(c2ccccc2)[C@H]3c2ccc(OCc3ccccc3)cc2O)C(=O)N1c1cc(C(F)(F)F)cc(C(F)(F)F)c1. The molecule has 8 nitrogen and oxygen atoms in total. The predicted octanol–water partition coefficient (Wildman–Crippen LogP) is 10.0. The number of alkyl halides is 6. The van der Waals surface area contributed by atoms with Crippen LogP contribution in [-0.4, -0.2) is 28.7 Å². The first-order valence-corrected chi connectivity index (χ1v) is 19.9. The summed E-state index contributed by atoms with van der Waals surface area (Å²) in [5, 5.41) is 12.2. The zero-order valence-corrected chi connectivity index (χ0v) is 32.9. The largest absolute Gasteiger partial charge is 0.508 e. The molecule has 4 amide bonds. The van der Waals surface area contributed by atoms with E-state index in [1.165, 1.54) is 18.2 Å². The van der Waals surface area contributed by atoms with E-state index in [4.69, 9.17) is 16.3 Å². The fraction of sp³-hybridized carbons (Fsp3) is 0.234. The molecule has 0 bridgehead atoms. The van der Waals surface area contributed by atoms with E-state index in [-0.39, 0.29) is 53.3 Å². The second-order valence-corrected chi connectivity index (χ2v) is 16.3. The van der Waals surface area contributed by atoms with Crippen molar-refractivity contribution in [3.05, 3.63) is 166 Å². The van der Waals surface area contributed by atoms with Crippen LogP contribution in [0.15, 0.2) is 133 Å². The third kappa shape index (κ3) is 6.54. The Morgan fingerprint density at radius 1 is 0.694 bits per heavy atom. The van der Waals surface area contributed by atoms with Gasteiger partial charge in [-0.3, -0.25) is 19.2 Å². The maximum absolute atomic E-state index is 15.5. The number of imide groups is 2. The third-order valence-corrected chi connectivity index (χ3v) is 12.8. The smallest absolute Gasteiger partial charge is 0.416 e. The topological polar surface area (TPSA) is 104 Å². The van der Waals surface area contributed by atoms with Crippen LogP contribution >= 0.6 is 11.6 Å². The number of phenolic OH excluding ortho intramolecular Hbond substituents is 1. The van der Waals surface area contributed by atoms with E-state index in [9.17, 15) is 41.0 Å². The Morgan fingerprint density at radius 3 is 1.98 bits per heavy atom. The van der Waals surface area contributed by atoms with Gasteiger partial charge in [0.1, 0.15) is 18.1 Å². The minimum absolute atomic E-state index is 0.0883. The van der Waals surface area contributed by atoms with E-state index >= 15 is 9.59 Å². The van der Waals surface area contributed by atoms with Crippen molar-refractivity contribution >= 4 is 46.6 Å². The summed E-state index contributed by atoms with van der Waals surface area (Å²) >= 11 is 6.37. The molecular weight excluding hydrogens is 838 g/mol. The summed E-state index contributed by atoms with van der Waals surface area (Å²) in [4.78, 5) is 60.7. The zero-order valence-electron chi connectivity index (χ0n) is 32.2. The molecule has 9 rings (SSSR count). The molecule has 316 valence electrons. The van der Waals surface area contributed by atoms with Gasteiger partial charge in [-0.25, -0.2) is 9.80 Å². The molecule has 5 aromatic rings. The lowest BCUT2D eigenvalue weighted by atomic mass is 9.49. The molecule has 6 atom stereocenters. The van der Waals surface area contributed by atoms with Crippen molar-refractivity contribution in [1.82, 2.24) is 0 Å². The van der Waals surface area contributed by atoms with Crippen LogP contribution in [0.1, 0.15) is 46.6 Å². The van der Waals surface area contributed by atoms with Gasteiger partial charge < -0.3 is 9.84 Å². The summed E-state index contributed by atoms with van der Waals surface area (Å²) in [6, 6.07) is 28.9. The van der Waals surface area contributed by atoms with Gasteiger partial charge in [0.25, 0.3) is 0 Å². The van der Waals surface area contributed by atoms with Crippen LogP contribution in [0.2, 0.25) is 5.02 Å². The van der Waals surface area contributed by atoms with Crippen LogP contribution < -0.4 is 14.5 Å². The van der Waals surface area contributed by atoms with Gasteiger partial charge in [0.15, 0.2) is 0 Å². The van der Waals surface area contributed by atoms with Crippen molar-refractivity contribution in [3.8, 4) is 11.5 Å². The van der Waals surface area contributed by atoms with Gasteiger partial charge >= 0.3 is 12.4 Å². The average molecular weight is 871 g/mol. The van der Waals surface area contributed by atoms with E-state index in [0.29, 0.717) is 28.2 Å². The highest BCUT2D eigenvalue weighted by atomic mass is 35.5. The van der Waals surface area contributed by atoms with Crippen molar-refractivity contribution in [2.75, 3.05) is 9.80 Å². The molecule has 1 N–H and O–H groups in total. The first-order valence-electron chi connectivity index (χ1n) is 19.6. The summed E-state index contributed by atoms with van der Waals surface area (Å²) in [5.74, 6) is -9.53. The van der Waals surface area contributed by atoms with E-state index < -0.39 is 87.8 Å². The second kappa shape index (κ2) is 14.9. The number of anilines is 2. The number of aromatic hydroxyl groups is 1. The molecule has 1 saturated carbocycles. The number of fused-ring (bicyclic) bond motifs is 4. The Balaban J connectivity index is 1.21. The zero-order chi connectivity index (χ0) is 43.9. The number of hydrogen-bond acceptors (Lipinski definition) is 6. The molecule has 62 heavy (non-hydrogen) atoms. The van der Waals surface area contributed by atoms with Crippen LogP contribution in [0, 0.1) is 23.7 Å². The lowest BCUT2D eigenvalue weighted by Crippen LogP contribution is -2.53. The van der Waals surface area contributed by atoms with Crippen molar-refractivity contribution in [2.24, 2.45) is 23.7 Å². The minimum Gasteiger partial charge on any atom is -0.508 e. The summed E-state index contributed by atoms with van der Waals surface area (Å²) in [6.45, 7) is 0.153. The van der Waals surface area contributed by atoms with E-state index in [2.05, 4.69) is 0 Å². The molecule has 0 aromatic heterocycles. The Bertz CT molecular complexity index is 2660. The molecule has 15 heteroatoms. The van der Waals surface area contributed by atoms with E-state index in [1.807, 2.05) is 30.3 Å². The fourth-order valence-electron chi connectivity index (χ4n) is 10.0. The summed E-state index contributed by atoms with van der Waals surface area (Å²) in [7, 11) is 0. The fourth-order valence-corrected chi connectivity index (χ4v) is 10.2. The number of amides is 4. The van der Waals surface area contributed by atoms with Crippen molar-refractivity contribution in [1.29, 1.82) is 0 Å². The van der Waals surface area contributed by atoms with Gasteiger partial charge in [0, 0.05) is 22.6 Å². The Labute approximate surface area is 355 Å². The quantitative estimate of drug-likeness (QED) is 0.0993. The standard InChI is InChI=1S/C47H33ClF6N2O6/c48-29-12-7-13-30(21-29)56-42(59)37-23-36-33(16-17-35-39(36)43(60)55(41(35)58)31-19-27(46(49,50)51)18-28(20-31)47(52,53)54)40(45(37,44(56)61)26-10-5-2-6-11-26)34-15-14-32(22-38(34)57)62-24-25-8-3-1-4-9-25/h1-16,18-22,35-37,39-40,57H,17,23-24H2/t35-,36+,37-,39-,40+,45+/m0/s1. The van der Waals surface area contributed by atoms with Crippen molar-refractivity contribution in [3.63, 3.8) is 0 Å². The first-order chi connectivity index (χ1) is 29.5. The van der Waals surface area contributed by atoms with Gasteiger partial charge in [0.05, 0.1) is 45.7 Å². The molecule has 0 radical (unpaired) electrons. The maximum Gasteiger partial charge on any atom is 0.416 e. The van der Waals surface area contributed by atoms with Crippen molar-refractivity contribution in [2.45, 2.75) is 43.1 Å². The lowest BCUT2D eigenvalue weighted by Gasteiger charge is -2.50. The van der Waals surface area contributed by atoms with Crippen LogP contribution in [0.4, 0.5) is 37.7 Å².